The van der Waals surface area contributed by atoms with Crippen molar-refractivity contribution >= 4 is 40.5 Å². The van der Waals surface area contributed by atoms with Crippen molar-refractivity contribution in [3.63, 3.8) is 0 Å². The number of aromatic nitrogens is 2. The number of benzene rings is 2. The summed E-state index contributed by atoms with van der Waals surface area (Å²) in [6, 6.07) is 15.5. The zero-order valence-corrected chi connectivity index (χ0v) is 14.6. The van der Waals surface area contributed by atoms with Crippen molar-refractivity contribution in [1.82, 2.24) is 9.78 Å². The lowest BCUT2D eigenvalue weighted by Gasteiger charge is -2.10. The molecule has 1 aromatic heterocycles. The third kappa shape index (κ3) is 3.90. The second-order valence-corrected chi connectivity index (χ2v) is 6.28. The Hall–Kier alpha value is -2.01. The highest BCUT2D eigenvalue weighted by Gasteiger charge is 2.06. The summed E-state index contributed by atoms with van der Waals surface area (Å²) in [4.78, 5) is 12.0. The van der Waals surface area contributed by atoms with E-state index >= 15 is 0 Å². The summed E-state index contributed by atoms with van der Waals surface area (Å²) in [5.74, 6) is 0. The number of nitrogens with zero attached hydrogens (tertiary/aromatic N) is 2. The van der Waals surface area contributed by atoms with E-state index in [2.05, 4.69) is 10.4 Å². The number of nitrogens with one attached hydrogen (secondary N) is 1. The van der Waals surface area contributed by atoms with Gasteiger partial charge in [-0.05, 0) is 42.5 Å². The van der Waals surface area contributed by atoms with E-state index < -0.39 is 0 Å². The van der Waals surface area contributed by atoms with Gasteiger partial charge in [-0.1, -0.05) is 40.9 Å². The Balaban J connectivity index is 1.84. The molecule has 24 heavy (non-hydrogen) atoms. The fourth-order valence-corrected chi connectivity index (χ4v) is 2.53. The van der Waals surface area contributed by atoms with Crippen LogP contribution in [0.4, 0.5) is 5.69 Å². The fraction of sp³-hybridized carbons (Fsp3) is 0.0588. The Kier molecular flexibility index (Phi) is 5.09. The van der Waals surface area contributed by atoms with Crippen molar-refractivity contribution < 1.29 is 0 Å². The molecule has 0 fully saturated rings. The lowest BCUT2D eigenvalue weighted by atomic mass is 10.1. The van der Waals surface area contributed by atoms with Gasteiger partial charge in [-0.15, -0.1) is 0 Å². The van der Waals surface area contributed by atoms with Gasteiger partial charge in [0.05, 0.1) is 15.7 Å². The van der Waals surface area contributed by atoms with E-state index in [1.807, 2.05) is 12.1 Å². The molecule has 0 unspecified atom stereocenters. The summed E-state index contributed by atoms with van der Waals surface area (Å²) in [6.45, 7) is 0.232. The highest BCUT2D eigenvalue weighted by atomic mass is 35.5. The van der Waals surface area contributed by atoms with Crippen LogP contribution in [-0.2, 0) is 6.67 Å². The quantitative estimate of drug-likeness (QED) is 0.697. The average Bonchev–Trinajstić information content (AvgIpc) is 2.58. The molecule has 0 saturated heterocycles. The number of anilines is 1. The molecule has 0 atom stereocenters. The first kappa shape index (κ1) is 16.8. The molecule has 0 spiro atoms. The van der Waals surface area contributed by atoms with Gasteiger partial charge in [0, 0.05) is 22.3 Å². The molecule has 122 valence electrons. The monoisotopic (exact) mass is 379 g/mol. The largest absolute Gasteiger partial charge is 0.366 e. The Morgan fingerprint density at radius 3 is 2.38 bits per heavy atom. The Morgan fingerprint density at radius 1 is 0.917 bits per heavy atom. The Morgan fingerprint density at radius 2 is 1.67 bits per heavy atom. The summed E-state index contributed by atoms with van der Waals surface area (Å²) >= 11 is 17.8. The maximum atomic E-state index is 12.0. The molecule has 0 saturated carbocycles. The van der Waals surface area contributed by atoms with Gasteiger partial charge in [-0.2, -0.15) is 5.10 Å². The highest BCUT2D eigenvalue weighted by molar-refractivity contribution is 6.42. The first-order chi connectivity index (χ1) is 11.5. The van der Waals surface area contributed by atoms with Gasteiger partial charge in [-0.3, -0.25) is 4.79 Å². The minimum atomic E-state index is -0.208. The Labute approximate surface area is 153 Å². The number of hydrogen-bond acceptors (Lipinski definition) is 3. The predicted octanol–water partition coefficient (Wildman–Crippen LogP) is 4.94. The van der Waals surface area contributed by atoms with Crippen LogP contribution in [0.3, 0.4) is 0 Å². The number of rotatable bonds is 4. The summed E-state index contributed by atoms with van der Waals surface area (Å²) in [5.41, 5.74) is 2.05. The summed E-state index contributed by atoms with van der Waals surface area (Å²) in [6.07, 6.45) is 0. The molecule has 0 aliphatic carbocycles. The standard InChI is InChI=1S/C17H12Cl3N3O/c18-12-2-4-13(5-3-12)21-10-23-17(24)8-7-16(22-23)11-1-6-14(19)15(20)9-11/h1-9,21H,10H2. The number of hydrogen-bond donors (Lipinski definition) is 1. The molecule has 0 radical (unpaired) electrons. The molecule has 4 nitrogen and oxygen atoms in total. The van der Waals surface area contributed by atoms with Crippen molar-refractivity contribution in [3.8, 4) is 11.3 Å². The van der Waals surface area contributed by atoms with Crippen LogP contribution in [0.15, 0.2) is 59.4 Å². The minimum absolute atomic E-state index is 0.208. The molecule has 7 heteroatoms. The third-order valence-electron chi connectivity index (χ3n) is 3.36. The van der Waals surface area contributed by atoms with Crippen molar-refractivity contribution in [2.45, 2.75) is 6.67 Å². The van der Waals surface area contributed by atoms with E-state index in [0.717, 1.165) is 11.3 Å². The van der Waals surface area contributed by atoms with Crippen molar-refractivity contribution in [2.75, 3.05) is 5.32 Å². The van der Waals surface area contributed by atoms with Gasteiger partial charge >= 0.3 is 0 Å². The maximum Gasteiger partial charge on any atom is 0.268 e. The van der Waals surface area contributed by atoms with Crippen LogP contribution in [0, 0.1) is 0 Å². The van der Waals surface area contributed by atoms with E-state index in [1.54, 1.807) is 36.4 Å². The van der Waals surface area contributed by atoms with Gasteiger partial charge in [0.1, 0.15) is 6.67 Å². The van der Waals surface area contributed by atoms with Gasteiger partial charge in [0.15, 0.2) is 0 Å². The molecule has 0 aliphatic rings. The van der Waals surface area contributed by atoms with E-state index in [1.165, 1.54) is 10.7 Å². The van der Waals surface area contributed by atoms with E-state index in [4.69, 9.17) is 34.8 Å². The molecular formula is C17H12Cl3N3O. The van der Waals surface area contributed by atoms with Crippen LogP contribution in [0.25, 0.3) is 11.3 Å². The predicted molar refractivity (Wildman–Crippen MR) is 99.0 cm³/mol. The van der Waals surface area contributed by atoms with Gasteiger partial charge in [0.25, 0.3) is 5.56 Å². The van der Waals surface area contributed by atoms with Crippen LogP contribution in [0.2, 0.25) is 15.1 Å². The molecule has 2 aromatic carbocycles. The van der Waals surface area contributed by atoms with Crippen LogP contribution >= 0.6 is 34.8 Å². The minimum Gasteiger partial charge on any atom is -0.366 e. The zero-order valence-electron chi connectivity index (χ0n) is 12.3. The van der Waals surface area contributed by atoms with E-state index in [9.17, 15) is 4.79 Å². The fourth-order valence-electron chi connectivity index (χ4n) is 2.11. The molecule has 1 N–H and O–H groups in total. The first-order valence-corrected chi connectivity index (χ1v) is 8.19. The van der Waals surface area contributed by atoms with Gasteiger partial charge < -0.3 is 5.32 Å². The van der Waals surface area contributed by atoms with Gasteiger partial charge in [-0.25, -0.2) is 4.68 Å². The lowest BCUT2D eigenvalue weighted by Crippen LogP contribution is -2.25. The van der Waals surface area contributed by atoms with Crippen LogP contribution in [0.5, 0.6) is 0 Å². The topological polar surface area (TPSA) is 46.9 Å². The van der Waals surface area contributed by atoms with Crippen LogP contribution in [-0.4, -0.2) is 9.78 Å². The molecule has 3 aromatic rings. The Bertz CT molecular complexity index is 923. The van der Waals surface area contributed by atoms with Gasteiger partial charge in [0.2, 0.25) is 0 Å². The molecule has 0 amide bonds. The van der Waals surface area contributed by atoms with Crippen molar-refractivity contribution in [3.05, 3.63) is 80.0 Å². The molecule has 1 heterocycles. The van der Waals surface area contributed by atoms with Crippen LogP contribution < -0.4 is 10.9 Å². The second kappa shape index (κ2) is 7.26. The van der Waals surface area contributed by atoms with Crippen LogP contribution in [0.1, 0.15) is 0 Å². The van der Waals surface area contributed by atoms with Crippen molar-refractivity contribution in [1.29, 1.82) is 0 Å². The first-order valence-electron chi connectivity index (χ1n) is 7.06. The zero-order chi connectivity index (χ0) is 17.1. The highest BCUT2D eigenvalue weighted by Crippen LogP contribution is 2.27. The molecule has 0 bridgehead atoms. The molecule has 3 rings (SSSR count). The maximum absolute atomic E-state index is 12.0. The van der Waals surface area contributed by atoms with E-state index in [0.29, 0.717) is 20.8 Å². The lowest BCUT2D eigenvalue weighted by molar-refractivity contribution is 0.628. The molecular weight excluding hydrogens is 369 g/mol. The summed E-state index contributed by atoms with van der Waals surface area (Å²) < 4.78 is 1.34. The summed E-state index contributed by atoms with van der Waals surface area (Å²) in [5, 5.41) is 9.04. The van der Waals surface area contributed by atoms with Crippen molar-refractivity contribution in [2.24, 2.45) is 0 Å². The normalized spacial score (nSPS) is 10.6. The average molecular weight is 381 g/mol. The number of halogens is 3. The molecule has 0 aliphatic heterocycles. The third-order valence-corrected chi connectivity index (χ3v) is 4.35. The summed E-state index contributed by atoms with van der Waals surface area (Å²) in [7, 11) is 0. The SMILES string of the molecule is O=c1ccc(-c2ccc(Cl)c(Cl)c2)nn1CNc1ccc(Cl)cc1. The van der Waals surface area contributed by atoms with E-state index in [-0.39, 0.29) is 12.2 Å². The second-order valence-electron chi connectivity index (χ2n) is 5.03. The smallest absolute Gasteiger partial charge is 0.268 e.